The first-order chi connectivity index (χ1) is 9.00. The first-order valence-corrected chi connectivity index (χ1v) is 6.27. The summed E-state index contributed by atoms with van der Waals surface area (Å²) >= 11 is 0. The van der Waals surface area contributed by atoms with Crippen molar-refractivity contribution in [3.05, 3.63) is 35.1 Å². The highest BCUT2D eigenvalue weighted by atomic mass is 19.1. The largest absolute Gasteiger partial charge is 0.378 e. The van der Waals surface area contributed by atoms with E-state index < -0.39 is 11.7 Å². The van der Waals surface area contributed by atoms with Gasteiger partial charge in [0.25, 0.3) is 5.91 Å². The number of nitrogens with zero attached hydrogens (tertiary/aromatic N) is 1. The van der Waals surface area contributed by atoms with E-state index in [9.17, 15) is 9.18 Å². The zero-order valence-electron chi connectivity index (χ0n) is 11.7. The Kier molecular flexibility index (Phi) is 6.45. The summed E-state index contributed by atoms with van der Waals surface area (Å²) in [6, 6.07) is 4.48. The summed E-state index contributed by atoms with van der Waals surface area (Å²) in [7, 11) is 3.93. The van der Waals surface area contributed by atoms with Gasteiger partial charge < -0.3 is 15.0 Å². The Hall–Kier alpha value is -1.46. The van der Waals surface area contributed by atoms with Crippen LogP contribution in [0.1, 0.15) is 15.9 Å². The number of aryl methyl sites for hydroxylation is 1. The number of ether oxygens (including phenoxy) is 1. The molecule has 0 aliphatic rings. The van der Waals surface area contributed by atoms with Crippen LogP contribution in [0.3, 0.4) is 0 Å². The number of hydrogen-bond acceptors (Lipinski definition) is 3. The maximum absolute atomic E-state index is 13.4. The highest BCUT2D eigenvalue weighted by molar-refractivity contribution is 5.94. The van der Waals surface area contributed by atoms with Crippen molar-refractivity contribution in [3.8, 4) is 0 Å². The third kappa shape index (κ3) is 5.81. The first-order valence-electron chi connectivity index (χ1n) is 6.27. The van der Waals surface area contributed by atoms with Gasteiger partial charge in [0.1, 0.15) is 5.82 Å². The number of amides is 1. The van der Waals surface area contributed by atoms with Crippen molar-refractivity contribution < 1.29 is 13.9 Å². The predicted molar refractivity (Wildman–Crippen MR) is 72.8 cm³/mol. The lowest BCUT2D eigenvalue weighted by molar-refractivity contribution is 0.0896. The highest BCUT2D eigenvalue weighted by Crippen LogP contribution is 2.09. The molecule has 0 atom stereocenters. The predicted octanol–water partition coefficient (Wildman–Crippen LogP) is 1.44. The molecular weight excluding hydrogens is 247 g/mol. The van der Waals surface area contributed by atoms with Gasteiger partial charge in [-0.15, -0.1) is 0 Å². The van der Waals surface area contributed by atoms with E-state index in [-0.39, 0.29) is 5.56 Å². The molecule has 0 fully saturated rings. The second kappa shape index (κ2) is 7.86. The minimum atomic E-state index is -0.503. The number of hydrogen-bond donors (Lipinski definition) is 1. The molecular formula is C14H21FN2O2. The number of carbonyl (C=O) groups is 1. The van der Waals surface area contributed by atoms with Crippen LogP contribution in [0.4, 0.5) is 4.39 Å². The molecule has 0 aromatic heterocycles. The normalized spacial score (nSPS) is 10.8. The van der Waals surface area contributed by atoms with Crippen LogP contribution < -0.4 is 5.32 Å². The molecule has 0 radical (unpaired) electrons. The molecule has 106 valence electrons. The average molecular weight is 268 g/mol. The van der Waals surface area contributed by atoms with E-state index in [2.05, 4.69) is 5.32 Å². The minimum absolute atomic E-state index is 0.0771. The van der Waals surface area contributed by atoms with Crippen molar-refractivity contribution in [2.75, 3.05) is 40.4 Å². The molecule has 1 aromatic carbocycles. The van der Waals surface area contributed by atoms with Crippen molar-refractivity contribution in [2.45, 2.75) is 6.92 Å². The summed E-state index contributed by atoms with van der Waals surface area (Å²) in [6.45, 7) is 4.06. The molecule has 0 spiro atoms. The molecule has 1 rings (SSSR count). The second-order valence-corrected chi connectivity index (χ2v) is 4.65. The fraction of sp³-hybridized carbons (Fsp3) is 0.500. The monoisotopic (exact) mass is 268 g/mol. The van der Waals surface area contributed by atoms with E-state index in [4.69, 9.17) is 4.74 Å². The van der Waals surface area contributed by atoms with Gasteiger partial charge in [0.15, 0.2) is 0 Å². The number of rotatable bonds is 7. The number of likely N-dealkylation sites (N-methyl/N-ethyl adjacent to an activating group) is 1. The van der Waals surface area contributed by atoms with Gasteiger partial charge in [-0.2, -0.15) is 0 Å². The van der Waals surface area contributed by atoms with Gasteiger partial charge in [0, 0.05) is 13.1 Å². The van der Waals surface area contributed by atoms with E-state index in [1.807, 2.05) is 25.9 Å². The van der Waals surface area contributed by atoms with Crippen LogP contribution in [0.5, 0.6) is 0 Å². The number of halogens is 1. The third-order valence-electron chi connectivity index (χ3n) is 2.58. The maximum Gasteiger partial charge on any atom is 0.254 e. The lowest BCUT2D eigenvalue weighted by atomic mass is 10.1. The molecule has 19 heavy (non-hydrogen) atoms. The van der Waals surface area contributed by atoms with Gasteiger partial charge in [-0.3, -0.25) is 4.79 Å². The molecule has 0 aliphatic carbocycles. The Morgan fingerprint density at radius 3 is 2.79 bits per heavy atom. The molecule has 0 heterocycles. The topological polar surface area (TPSA) is 41.6 Å². The van der Waals surface area contributed by atoms with Crippen molar-refractivity contribution >= 4 is 5.91 Å². The summed E-state index contributed by atoms with van der Waals surface area (Å²) in [5, 5.41) is 2.64. The highest BCUT2D eigenvalue weighted by Gasteiger charge is 2.10. The van der Waals surface area contributed by atoms with Crippen LogP contribution in [-0.2, 0) is 4.74 Å². The number of carbonyl (C=O) groups excluding carboxylic acids is 1. The van der Waals surface area contributed by atoms with Crippen LogP contribution in [0.25, 0.3) is 0 Å². The fourth-order valence-electron chi connectivity index (χ4n) is 1.49. The Balaban J connectivity index is 2.29. The van der Waals surface area contributed by atoms with Gasteiger partial charge in [0.05, 0.1) is 18.8 Å². The minimum Gasteiger partial charge on any atom is -0.378 e. The molecule has 1 aromatic rings. The van der Waals surface area contributed by atoms with E-state index in [0.29, 0.717) is 19.8 Å². The van der Waals surface area contributed by atoms with Crippen LogP contribution in [0.2, 0.25) is 0 Å². The molecule has 0 saturated heterocycles. The number of benzene rings is 1. The summed E-state index contributed by atoms with van der Waals surface area (Å²) in [4.78, 5) is 13.8. The Bertz CT molecular complexity index is 422. The summed E-state index contributed by atoms with van der Waals surface area (Å²) < 4.78 is 18.8. The Morgan fingerprint density at radius 1 is 1.37 bits per heavy atom. The second-order valence-electron chi connectivity index (χ2n) is 4.65. The molecule has 4 nitrogen and oxygen atoms in total. The Labute approximate surface area is 113 Å². The Morgan fingerprint density at radius 2 is 2.11 bits per heavy atom. The molecule has 1 N–H and O–H groups in total. The standard InChI is InChI=1S/C14H21FN2O2/c1-11-4-5-13(15)12(10-11)14(18)16-6-8-19-9-7-17(2)3/h4-5,10H,6-9H2,1-3H3,(H,16,18). The zero-order chi connectivity index (χ0) is 14.3. The van der Waals surface area contributed by atoms with Gasteiger partial charge in [-0.25, -0.2) is 4.39 Å². The van der Waals surface area contributed by atoms with Gasteiger partial charge >= 0.3 is 0 Å². The van der Waals surface area contributed by atoms with E-state index in [0.717, 1.165) is 12.1 Å². The van der Waals surface area contributed by atoms with E-state index >= 15 is 0 Å². The van der Waals surface area contributed by atoms with E-state index in [1.54, 1.807) is 6.07 Å². The van der Waals surface area contributed by atoms with Gasteiger partial charge in [-0.05, 0) is 33.2 Å². The lowest BCUT2D eigenvalue weighted by Crippen LogP contribution is -2.29. The summed E-state index contributed by atoms with van der Waals surface area (Å²) in [5.74, 6) is -0.908. The molecule has 0 aliphatic heterocycles. The van der Waals surface area contributed by atoms with Crippen LogP contribution in [0.15, 0.2) is 18.2 Å². The fourth-order valence-corrected chi connectivity index (χ4v) is 1.49. The van der Waals surface area contributed by atoms with Gasteiger partial charge in [0.2, 0.25) is 0 Å². The van der Waals surface area contributed by atoms with Crippen molar-refractivity contribution in [2.24, 2.45) is 0 Å². The summed E-state index contributed by atoms with van der Waals surface area (Å²) in [6.07, 6.45) is 0. The van der Waals surface area contributed by atoms with Gasteiger partial charge in [-0.1, -0.05) is 11.6 Å². The van der Waals surface area contributed by atoms with Crippen molar-refractivity contribution in [1.82, 2.24) is 10.2 Å². The SMILES string of the molecule is Cc1ccc(F)c(C(=O)NCCOCCN(C)C)c1. The zero-order valence-corrected chi connectivity index (χ0v) is 11.7. The van der Waals surface area contributed by atoms with Crippen LogP contribution in [-0.4, -0.2) is 51.2 Å². The van der Waals surface area contributed by atoms with Crippen LogP contribution >= 0.6 is 0 Å². The van der Waals surface area contributed by atoms with Crippen molar-refractivity contribution in [1.29, 1.82) is 0 Å². The van der Waals surface area contributed by atoms with Crippen LogP contribution in [0, 0.1) is 12.7 Å². The maximum atomic E-state index is 13.4. The lowest BCUT2D eigenvalue weighted by Gasteiger charge is -2.10. The molecule has 1 amide bonds. The molecule has 0 saturated carbocycles. The third-order valence-corrected chi connectivity index (χ3v) is 2.58. The smallest absolute Gasteiger partial charge is 0.254 e. The average Bonchev–Trinajstić information content (AvgIpc) is 2.36. The van der Waals surface area contributed by atoms with E-state index in [1.165, 1.54) is 12.1 Å². The summed E-state index contributed by atoms with van der Waals surface area (Å²) in [5.41, 5.74) is 0.932. The van der Waals surface area contributed by atoms with Crippen molar-refractivity contribution in [3.63, 3.8) is 0 Å². The number of nitrogens with one attached hydrogen (secondary N) is 1. The molecule has 0 unspecified atom stereocenters. The quantitative estimate of drug-likeness (QED) is 0.761. The first kappa shape index (κ1) is 15.6. The molecule has 0 bridgehead atoms. The molecule has 5 heteroatoms.